The molecule has 0 aliphatic heterocycles. The van der Waals surface area contributed by atoms with Crippen LogP contribution in [0, 0.1) is 0 Å². The van der Waals surface area contributed by atoms with Gasteiger partial charge in [0, 0.05) is 28.9 Å². The van der Waals surface area contributed by atoms with E-state index in [0.717, 1.165) is 22.1 Å². The number of amides is 1. The Morgan fingerprint density at radius 1 is 1.00 bits per heavy atom. The SMILES string of the molecule is CN(Cc1ccc(-c2ccc(Br)cc2)o1)C(=O)c1ccc(S(C)(=O)=O)cc1. The standard InChI is InChI=1S/C20H18BrNO4S/c1-22(20(23)15-5-10-18(11-6-15)27(2,24)25)13-17-9-12-19(26-17)14-3-7-16(21)8-4-14/h3-12H,13H2,1-2H3. The first-order valence-corrected chi connectivity index (χ1v) is 10.8. The van der Waals surface area contributed by atoms with E-state index < -0.39 is 9.84 Å². The number of furan rings is 1. The van der Waals surface area contributed by atoms with Crippen LogP contribution < -0.4 is 0 Å². The largest absolute Gasteiger partial charge is 0.459 e. The monoisotopic (exact) mass is 447 g/mol. The lowest BCUT2D eigenvalue weighted by molar-refractivity contribution is 0.0775. The third-order valence-electron chi connectivity index (χ3n) is 4.06. The second-order valence-corrected chi connectivity index (χ2v) is 9.16. The van der Waals surface area contributed by atoms with E-state index in [4.69, 9.17) is 4.42 Å². The zero-order chi connectivity index (χ0) is 19.6. The number of nitrogens with zero attached hydrogens (tertiary/aromatic N) is 1. The predicted molar refractivity (Wildman–Crippen MR) is 107 cm³/mol. The van der Waals surface area contributed by atoms with Crippen molar-refractivity contribution in [2.45, 2.75) is 11.4 Å². The molecule has 0 bridgehead atoms. The number of sulfone groups is 1. The average molecular weight is 448 g/mol. The van der Waals surface area contributed by atoms with Gasteiger partial charge in [-0.2, -0.15) is 0 Å². The summed E-state index contributed by atoms with van der Waals surface area (Å²) in [7, 11) is -1.61. The van der Waals surface area contributed by atoms with Crippen molar-refractivity contribution in [3.8, 4) is 11.3 Å². The van der Waals surface area contributed by atoms with Gasteiger partial charge in [-0.3, -0.25) is 4.79 Å². The molecule has 7 heteroatoms. The van der Waals surface area contributed by atoms with Gasteiger partial charge in [0.2, 0.25) is 0 Å². The Hall–Kier alpha value is -2.38. The Balaban J connectivity index is 1.70. The number of carbonyl (C=O) groups excluding carboxylic acids is 1. The fraction of sp³-hybridized carbons (Fsp3) is 0.150. The lowest BCUT2D eigenvalue weighted by atomic mass is 10.2. The second-order valence-electron chi connectivity index (χ2n) is 6.23. The second kappa shape index (κ2) is 7.70. The summed E-state index contributed by atoms with van der Waals surface area (Å²) < 4.78 is 29.9. The summed E-state index contributed by atoms with van der Waals surface area (Å²) in [5, 5.41) is 0. The number of carbonyl (C=O) groups is 1. The molecule has 27 heavy (non-hydrogen) atoms. The van der Waals surface area contributed by atoms with E-state index >= 15 is 0 Å². The van der Waals surface area contributed by atoms with Crippen molar-refractivity contribution in [2.75, 3.05) is 13.3 Å². The van der Waals surface area contributed by atoms with Crippen molar-refractivity contribution >= 4 is 31.7 Å². The van der Waals surface area contributed by atoms with Crippen LogP contribution in [-0.2, 0) is 16.4 Å². The molecular weight excluding hydrogens is 430 g/mol. The summed E-state index contributed by atoms with van der Waals surface area (Å²) in [5.74, 6) is 1.18. The minimum Gasteiger partial charge on any atom is -0.459 e. The smallest absolute Gasteiger partial charge is 0.254 e. The van der Waals surface area contributed by atoms with Gasteiger partial charge >= 0.3 is 0 Å². The van der Waals surface area contributed by atoms with E-state index in [1.54, 1.807) is 7.05 Å². The van der Waals surface area contributed by atoms with E-state index in [9.17, 15) is 13.2 Å². The van der Waals surface area contributed by atoms with Gasteiger partial charge in [-0.05, 0) is 48.5 Å². The highest BCUT2D eigenvalue weighted by atomic mass is 79.9. The van der Waals surface area contributed by atoms with Gasteiger partial charge in [0.25, 0.3) is 5.91 Å². The number of halogens is 1. The van der Waals surface area contributed by atoms with Crippen LogP contribution in [0.5, 0.6) is 0 Å². The van der Waals surface area contributed by atoms with Crippen LogP contribution in [0.1, 0.15) is 16.1 Å². The summed E-state index contributed by atoms with van der Waals surface area (Å²) in [4.78, 5) is 14.3. The van der Waals surface area contributed by atoms with Crippen molar-refractivity contribution < 1.29 is 17.6 Å². The minimum atomic E-state index is -3.28. The molecule has 5 nitrogen and oxygen atoms in total. The van der Waals surface area contributed by atoms with E-state index in [1.807, 2.05) is 36.4 Å². The summed E-state index contributed by atoms with van der Waals surface area (Å²) in [6, 6.07) is 17.4. The first kappa shape index (κ1) is 19.4. The molecule has 0 aliphatic rings. The molecule has 3 aromatic rings. The first-order chi connectivity index (χ1) is 12.7. The molecule has 0 aliphatic carbocycles. The normalized spacial score (nSPS) is 11.4. The molecule has 0 saturated heterocycles. The molecule has 140 valence electrons. The first-order valence-electron chi connectivity index (χ1n) is 8.14. The zero-order valence-corrected chi connectivity index (χ0v) is 17.2. The van der Waals surface area contributed by atoms with Gasteiger partial charge in [-0.1, -0.05) is 28.1 Å². The highest BCUT2D eigenvalue weighted by molar-refractivity contribution is 9.10. The molecule has 0 unspecified atom stereocenters. The van der Waals surface area contributed by atoms with Gasteiger partial charge in [0.05, 0.1) is 11.4 Å². The minimum absolute atomic E-state index is 0.187. The van der Waals surface area contributed by atoms with Crippen LogP contribution in [0.3, 0.4) is 0 Å². The van der Waals surface area contributed by atoms with Crippen LogP contribution in [0.25, 0.3) is 11.3 Å². The Morgan fingerprint density at radius 2 is 1.63 bits per heavy atom. The molecule has 1 amide bonds. The van der Waals surface area contributed by atoms with E-state index in [2.05, 4.69) is 15.9 Å². The third kappa shape index (κ3) is 4.67. The number of rotatable bonds is 5. The summed E-state index contributed by atoms with van der Waals surface area (Å²) >= 11 is 3.40. The molecule has 0 saturated carbocycles. The van der Waals surface area contributed by atoms with Crippen molar-refractivity contribution in [2.24, 2.45) is 0 Å². The third-order valence-corrected chi connectivity index (χ3v) is 5.72. The quantitative estimate of drug-likeness (QED) is 0.581. The topological polar surface area (TPSA) is 67.6 Å². The molecule has 1 heterocycles. The molecule has 0 atom stereocenters. The van der Waals surface area contributed by atoms with E-state index in [1.165, 1.54) is 29.2 Å². The van der Waals surface area contributed by atoms with E-state index in [-0.39, 0.29) is 10.8 Å². The van der Waals surface area contributed by atoms with Crippen molar-refractivity contribution in [1.29, 1.82) is 0 Å². The highest BCUT2D eigenvalue weighted by Crippen LogP contribution is 2.24. The molecule has 1 aromatic heterocycles. The molecule has 3 rings (SSSR count). The Bertz CT molecular complexity index is 1050. The molecule has 0 fully saturated rings. The van der Waals surface area contributed by atoms with Gasteiger partial charge in [-0.15, -0.1) is 0 Å². The highest BCUT2D eigenvalue weighted by Gasteiger charge is 2.15. The van der Waals surface area contributed by atoms with Gasteiger partial charge in [0.15, 0.2) is 9.84 Å². The Labute approximate surface area is 166 Å². The van der Waals surface area contributed by atoms with Crippen LogP contribution >= 0.6 is 15.9 Å². The van der Waals surface area contributed by atoms with Crippen LogP contribution in [0.2, 0.25) is 0 Å². The molecule has 2 aromatic carbocycles. The Morgan fingerprint density at radius 3 is 2.22 bits per heavy atom. The van der Waals surface area contributed by atoms with Crippen LogP contribution in [0.15, 0.2) is 74.4 Å². The lowest BCUT2D eigenvalue weighted by Gasteiger charge is -2.16. The number of benzene rings is 2. The fourth-order valence-electron chi connectivity index (χ4n) is 2.60. The van der Waals surface area contributed by atoms with Crippen molar-refractivity contribution in [1.82, 2.24) is 4.90 Å². The molecule has 0 N–H and O–H groups in total. The number of hydrogen-bond donors (Lipinski definition) is 0. The molecular formula is C20H18BrNO4S. The molecule has 0 radical (unpaired) electrons. The maximum atomic E-state index is 12.6. The summed E-state index contributed by atoms with van der Waals surface area (Å²) in [6.45, 7) is 0.309. The maximum Gasteiger partial charge on any atom is 0.254 e. The van der Waals surface area contributed by atoms with Gasteiger partial charge in [0.1, 0.15) is 11.5 Å². The summed E-state index contributed by atoms with van der Waals surface area (Å²) in [5.41, 5.74) is 1.37. The Kier molecular flexibility index (Phi) is 5.53. The van der Waals surface area contributed by atoms with Crippen LogP contribution in [0.4, 0.5) is 0 Å². The van der Waals surface area contributed by atoms with Gasteiger partial charge in [-0.25, -0.2) is 8.42 Å². The van der Waals surface area contributed by atoms with Crippen molar-refractivity contribution in [3.05, 3.63) is 76.5 Å². The zero-order valence-electron chi connectivity index (χ0n) is 14.8. The fourth-order valence-corrected chi connectivity index (χ4v) is 3.50. The summed E-state index contributed by atoms with van der Waals surface area (Å²) in [6.07, 6.45) is 1.13. The van der Waals surface area contributed by atoms with Gasteiger partial charge < -0.3 is 9.32 Å². The average Bonchev–Trinajstić information content (AvgIpc) is 3.09. The van der Waals surface area contributed by atoms with Crippen molar-refractivity contribution in [3.63, 3.8) is 0 Å². The lowest BCUT2D eigenvalue weighted by Crippen LogP contribution is -2.26. The molecule has 0 spiro atoms. The predicted octanol–water partition coefficient (Wildman–Crippen LogP) is 4.38. The van der Waals surface area contributed by atoms with E-state index in [0.29, 0.717) is 17.9 Å². The number of hydrogen-bond acceptors (Lipinski definition) is 4. The maximum absolute atomic E-state index is 12.6. The van der Waals surface area contributed by atoms with Crippen LogP contribution in [-0.4, -0.2) is 32.5 Å².